The fraction of sp³-hybridized carbons (Fsp3) is 0.500. The van der Waals surface area contributed by atoms with Crippen LogP contribution in [0.5, 0.6) is 0 Å². The number of carboxylic acid groups (broad SMARTS) is 1. The van der Waals surface area contributed by atoms with Crippen molar-refractivity contribution in [1.82, 2.24) is 0 Å². The van der Waals surface area contributed by atoms with Gasteiger partial charge in [0.15, 0.2) is 5.78 Å². The molecule has 19 heavy (non-hydrogen) atoms. The predicted octanol–water partition coefficient (Wildman–Crippen LogP) is 2.52. The number of carbonyl (C=O) groups excluding carboxylic acids is 2. The molecule has 0 saturated heterocycles. The molecule has 3 nitrogen and oxygen atoms in total. The lowest BCUT2D eigenvalue weighted by molar-refractivity contribution is -0.305. The third kappa shape index (κ3) is 6.18. The first-order chi connectivity index (χ1) is 9.13. The van der Waals surface area contributed by atoms with Gasteiger partial charge in [-0.1, -0.05) is 50.5 Å². The van der Waals surface area contributed by atoms with E-state index in [1.54, 1.807) is 12.1 Å². The molecule has 1 aromatic carbocycles. The van der Waals surface area contributed by atoms with Crippen molar-refractivity contribution in [3.8, 4) is 0 Å². The van der Waals surface area contributed by atoms with Gasteiger partial charge in [-0.3, -0.25) is 4.79 Å². The summed E-state index contributed by atoms with van der Waals surface area (Å²) >= 11 is 0. The van der Waals surface area contributed by atoms with E-state index in [9.17, 15) is 14.7 Å². The van der Waals surface area contributed by atoms with Gasteiger partial charge in [0.2, 0.25) is 0 Å². The van der Waals surface area contributed by atoms with Gasteiger partial charge in [-0.05, 0) is 24.8 Å². The molecule has 1 aromatic rings. The molecule has 0 N–H and O–H groups in total. The molecule has 0 aliphatic heterocycles. The molecule has 0 aliphatic carbocycles. The molecule has 0 spiro atoms. The minimum Gasteiger partial charge on any atom is -0.550 e. The second kappa shape index (κ2) is 8.46. The van der Waals surface area contributed by atoms with E-state index in [-0.39, 0.29) is 18.6 Å². The zero-order valence-electron chi connectivity index (χ0n) is 11.5. The SMILES string of the molecule is CCCCCCc1ccc(C(=O)CCC(=O)[O-])cc1. The average molecular weight is 261 g/mol. The highest BCUT2D eigenvalue weighted by Gasteiger charge is 2.05. The van der Waals surface area contributed by atoms with Crippen molar-refractivity contribution in [1.29, 1.82) is 0 Å². The summed E-state index contributed by atoms with van der Waals surface area (Å²) in [5.74, 6) is -1.32. The van der Waals surface area contributed by atoms with Crippen molar-refractivity contribution in [2.45, 2.75) is 51.9 Å². The number of aryl methyl sites for hydroxylation is 1. The van der Waals surface area contributed by atoms with Crippen molar-refractivity contribution in [2.24, 2.45) is 0 Å². The molecule has 0 unspecified atom stereocenters. The van der Waals surface area contributed by atoms with Crippen molar-refractivity contribution < 1.29 is 14.7 Å². The number of benzene rings is 1. The largest absolute Gasteiger partial charge is 0.550 e. The molecule has 0 amide bonds. The Morgan fingerprint density at radius 3 is 2.26 bits per heavy atom. The molecule has 104 valence electrons. The zero-order valence-corrected chi connectivity index (χ0v) is 11.5. The standard InChI is InChI=1S/C16H22O3/c1-2-3-4-5-6-13-7-9-14(10-8-13)15(17)11-12-16(18)19/h7-10H,2-6,11-12H2,1H3,(H,18,19)/p-1. The maximum absolute atomic E-state index is 11.7. The summed E-state index contributed by atoms with van der Waals surface area (Å²) in [6.07, 6.45) is 5.74. The van der Waals surface area contributed by atoms with Crippen molar-refractivity contribution in [3.63, 3.8) is 0 Å². The van der Waals surface area contributed by atoms with Crippen LogP contribution in [0.2, 0.25) is 0 Å². The van der Waals surface area contributed by atoms with Gasteiger partial charge < -0.3 is 9.90 Å². The Labute approximate surface area is 114 Å². The molecular formula is C16H21O3-. The number of hydrogen-bond acceptors (Lipinski definition) is 3. The molecule has 0 heterocycles. The van der Waals surface area contributed by atoms with Crippen LogP contribution in [0.3, 0.4) is 0 Å². The van der Waals surface area contributed by atoms with E-state index in [0.29, 0.717) is 5.56 Å². The van der Waals surface area contributed by atoms with Gasteiger partial charge >= 0.3 is 0 Å². The Bertz CT molecular complexity index is 407. The third-order valence-electron chi connectivity index (χ3n) is 3.15. The van der Waals surface area contributed by atoms with Crippen molar-refractivity contribution >= 4 is 11.8 Å². The lowest BCUT2D eigenvalue weighted by Crippen LogP contribution is -2.22. The van der Waals surface area contributed by atoms with Crippen LogP contribution in [0.25, 0.3) is 0 Å². The fourth-order valence-corrected chi connectivity index (χ4v) is 1.97. The Morgan fingerprint density at radius 1 is 1.00 bits per heavy atom. The number of ketones is 1. The van der Waals surface area contributed by atoms with Crippen LogP contribution in [-0.4, -0.2) is 11.8 Å². The minimum atomic E-state index is -1.18. The van der Waals surface area contributed by atoms with E-state index >= 15 is 0 Å². The minimum absolute atomic E-state index is 0.0121. The lowest BCUT2D eigenvalue weighted by Gasteiger charge is -2.04. The Morgan fingerprint density at radius 2 is 1.68 bits per heavy atom. The predicted molar refractivity (Wildman–Crippen MR) is 72.9 cm³/mol. The highest BCUT2D eigenvalue weighted by Crippen LogP contribution is 2.11. The average Bonchev–Trinajstić information content (AvgIpc) is 2.41. The van der Waals surface area contributed by atoms with Gasteiger partial charge in [0.25, 0.3) is 0 Å². The molecule has 0 bridgehead atoms. The second-order valence-electron chi connectivity index (χ2n) is 4.80. The topological polar surface area (TPSA) is 57.2 Å². The van der Waals surface area contributed by atoms with E-state index in [0.717, 1.165) is 6.42 Å². The number of carbonyl (C=O) groups is 2. The first-order valence-corrected chi connectivity index (χ1v) is 6.95. The number of carboxylic acids is 1. The van der Waals surface area contributed by atoms with Crippen LogP contribution in [-0.2, 0) is 11.2 Å². The highest BCUT2D eigenvalue weighted by molar-refractivity contribution is 5.97. The molecule has 0 radical (unpaired) electrons. The molecular weight excluding hydrogens is 240 g/mol. The Balaban J connectivity index is 2.42. The van der Waals surface area contributed by atoms with E-state index in [1.807, 2.05) is 12.1 Å². The van der Waals surface area contributed by atoms with Crippen molar-refractivity contribution in [3.05, 3.63) is 35.4 Å². The number of unbranched alkanes of at least 4 members (excludes halogenated alkanes) is 3. The van der Waals surface area contributed by atoms with Crippen LogP contribution in [0.4, 0.5) is 0 Å². The maximum atomic E-state index is 11.7. The summed E-state index contributed by atoms with van der Waals surface area (Å²) in [4.78, 5) is 22.0. The van der Waals surface area contributed by atoms with Crippen LogP contribution in [0.1, 0.15) is 61.4 Å². The number of aliphatic carboxylic acids is 1. The van der Waals surface area contributed by atoms with Crippen molar-refractivity contribution in [2.75, 3.05) is 0 Å². The summed E-state index contributed by atoms with van der Waals surface area (Å²) in [7, 11) is 0. The van der Waals surface area contributed by atoms with Crippen LogP contribution < -0.4 is 5.11 Å². The lowest BCUT2D eigenvalue weighted by atomic mass is 10.0. The normalized spacial score (nSPS) is 10.4. The van der Waals surface area contributed by atoms with E-state index in [1.165, 1.54) is 31.2 Å². The third-order valence-corrected chi connectivity index (χ3v) is 3.15. The number of rotatable bonds is 9. The Hall–Kier alpha value is -1.64. The van der Waals surface area contributed by atoms with Gasteiger partial charge in [0, 0.05) is 18.0 Å². The van der Waals surface area contributed by atoms with E-state index in [4.69, 9.17) is 0 Å². The highest BCUT2D eigenvalue weighted by atomic mass is 16.4. The van der Waals surface area contributed by atoms with Crippen LogP contribution in [0.15, 0.2) is 24.3 Å². The van der Waals surface area contributed by atoms with Gasteiger partial charge in [-0.2, -0.15) is 0 Å². The van der Waals surface area contributed by atoms with Crippen LogP contribution in [0, 0.1) is 0 Å². The second-order valence-corrected chi connectivity index (χ2v) is 4.80. The Kier molecular flexibility index (Phi) is 6.86. The molecule has 0 saturated carbocycles. The quantitative estimate of drug-likeness (QED) is 0.507. The number of hydrogen-bond donors (Lipinski definition) is 0. The van der Waals surface area contributed by atoms with E-state index in [2.05, 4.69) is 6.92 Å². The summed E-state index contributed by atoms with van der Waals surface area (Å²) in [6.45, 7) is 2.19. The summed E-state index contributed by atoms with van der Waals surface area (Å²) < 4.78 is 0. The monoisotopic (exact) mass is 261 g/mol. The number of Topliss-reactive ketones (excluding diaryl/α,β-unsaturated/α-hetero) is 1. The van der Waals surface area contributed by atoms with Crippen LogP contribution >= 0.6 is 0 Å². The van der Waals surface area contributed by atoms with E-state index < -0.39 is 5.97 Å². The maximum Gasteiger partial charge on any atom is 0.163 e. The molecule has 3 heteroatoms. The van der Waals surface area contributed by atoms with Gasteiger partial charge in [-0.15, -0.1) is 0 Å². The fourth-order valence-electron chi connectivity index (χ4n) is 1.97. The molecule has 0 fully saturated rings. The van der Waals surface area contributed by atoms with Gasteiger partial charge in [-0.25, -0.2) is 0 Å². The zero-order chi connectivity index (χ0) is 14.1. The smallest absolute Gasteiger partial charge is 0.163 e. The summed E-state index contributed by atoms with van der Waals surface area (Å²) in [5.41, 5.74) is 1.81. The molecule has 0 atom stereocenters. The summed E-state index contributed by atoms with van der Waals surface area (Å²) in [5, 5.41) is 10.3. The molecule has 0 aliphatic rings. The summed E-state index contributed by atoms with van der Waals surface area (Å²) in [6, 6.07) is 7.48. The first kappa shape index (κ1) is 15.4. The van der Waals surface area contributed by atoms with Gasteiger partial charge in [0.05, 0.1) is 0 Å². The molecule has 1 rings (SSSR count). The first-order valence-electron chi connectivity index (χ1n) is 6.95. The molecule has 0 aromatic heterocycles. The van der Waals surface area contributed by atoms with Gasteiger partial charge in [0.1, 0.15) is 0 Å².